The number of likely N-dealkylation sites (tertiary alicyclic amines) is 1. The highest BCUT2D eigenvalue weighted by Crippen LogP contribution is 2.49. The molecule has 7 heteroatoms. The van der Waals surface area contributed by atoms with Crippen LogP contribution in [0.2, 0.25) is 0 Å². The lowest BCUT2D eigenvalue weighted by Crippen LogP contribution is -2.62. The number of hydrogen-bond donors (Lipinski definition) is 0. The molecule has 2 aliphatic heterocycles. The summed E-state index contributed by atoms with van der Waals surface area (Å²) in [6.45, 7) is 7.71. The van der Waals surface area contributed by atoms with Crippen molar-refractivity contribution in [3.8, 4) is 6.07 Å². The van der Waals surface area contributed by atoms with Crippen molar-refractivity contribution >= 4 is 12.0 Å². The van der Waals surface area contributed by atoms with E-state index >= 15 is 0 Å². The van der Waals surface area contributed by atoms with Crippen LogP contribution in [-0.2, 0) is 9.47 Å². The standard InChI is InChI=1S/C23H29N3O4/c1-21(2,3)29-20(28)25-12-10-23(11-13-25)16-26(15-22(30-23)8-9-22)19(27)18-7-5-4-6-17(18)14-24/h4-7H,8-13,15-16H2,1-3H3. The van der Waals surface area contributed by atoms with E-state index in [1.54, 1.807) is 29.2 Å². The lowest BCUT2D eigenvalue weighted by molar-refractivity contribution is -0.178. The molecule has 2 amide bonds. The van der Waals surface area contributed by atoms with Crippen molar-refractivity contribution in [2.45, 2.75) is 63.3 Å². The van der Waals surface area contributed by atoms with Crippen LogP contribution in [0.5, 0.6) is 0 Å². The molecular weight excluding hydrogens is 382 g/mol. The van der Waals surface area contributed by atoms with E-state index in [1.807, 2.05) is 25.7 Å². The fourth-order valence-electron chi connectivity index (χ4n) is 4.44. The van der Waals surface area contributed by atoms with Gasteiger partial charge in [0.2, 0.25) is 0 Å². The van der Waals surface area contributed by atoms with Crippen LogP contribution >= 0.6 is 0 Å². The number of nitrogens with zero attached hydrogens (tertiary/aromatic N) is 3. The predicted octanol–water partition coefficient (Wildman–Crippen LogP) is 3.33. The lowest BCUT2D eigenvalue weighted by Gasteiger charge is -2.50. The molecule has 0 N–H and O–H groups in total. The number of piperidine rings is 1. The predicted molar refractivity (Wildman–Crippen MR) is 110 cm³/mol. The minimum atomic E-state index is -0.525. The quantitative estimate of drug-likeness (QED) is 0.708. The molecule has 1 aromatic rings. The van der Waals surface area contributed by atoms with Gasteiger partial charge in [0.25, 0.3) is 5.91 Å². The van der Waals surface area contributed by atoms with Gasteiger partial charge in [-0.2, -0.15) is 5.26 Å². The van der Waals surface area contributed by atoms with Gasteiger partial charge in [-0.3, -0.25) is 4.79 Å². The maximum Gasteiger partial charge on any atom is 0.410 e. The van der Waals surface area contributed by atoms with Crippen molar-refractivity contribution in [2.75, 3.05) is 26.2 Å². The van der Waals surface area contributed by atoms with Crippen molar-refractivity contribution in [1.29, 1.82) is 5.26 Å². The molecule has 2 spiro atoms. The molecule has 0 aromatic heterocycles. The van der Waals surface area contributed by atoms with E-state index in [9.17, 15) is 14.9 Å². The first-order chi connectivity index (χ1) is 14.1. The van der Waals surface area contributed by atoms with Crippen molar-refractivity contribution in [3.05, 3.63) is 35.4 Å². The Bertz CT molecular complexity index is 886. The van der Waals surface area contributed by atoms with Crippen molar-refractivity contribution < 1.29 is 19.1 Å². The smallest absolute Gasteiger partial charge is 0.410 e. The van der Waals surface area contributed by atoms with E-state index in [0.717, 1.165) is 12.8 Å². The summed E-state index contributed by atoms with van der Waals surface area (Å²) in [5.74, 6) is -0.115. The number of carbonyl (C=O) groups excluding carboxylic acids is 2. The first-order valence-electron chi connectivity index (χ1n) is 10.6. The Morgan fingerprint density at radius 1 is 1.03 bits per heavy atom. The Balaban J connectivity index is 1.49. The highest BCUT2D eigenvalue weighted by atomic mass is 16.6. The van der Waals surface area contributed by atoms with Crippen LogP contribution in [0.15, 0.2) is 24.3 Å². The molecular formula is C23H29N3O4. The van der Waals surface area contributed by atoms with E-state index in [2.05, 4.69) is 6.07 Å². The van der Waals surface area contributed by atoms with E-state index in [4.69, 9.17) is 9.47 Å². The number of morpholine rings is 1. The molecule has 0 atom stereocenters. The minimum absolute atomic E-state index is 0.115. The van der Waals surface area contributed by atoms with Gasteiger partial charge in [0.05, 0.1) is 41.5 Å². The molecule has 30 heavy (non-hydrogen) atoms. The molecule has 4 rings (SSSR count). The molecule has 0 radical (unpaired) electrons. The Morgan fingerprint density at radius 2 is 1.63 bits per heavy atom. The summed E-state index contributed by atoms with van der Waals surface area (Å²) in [7, 11) is 0. The molecule has 1 saturated carbocycles. The second-order valence-corrected chi connectivity index (χ2v) is 9.75. The number of ether oxygens (including phenoxy) is 2. The Hall–Kier alpha value is -2.59. The number of hydrogen-bond acceptors (Lipinski definition) is 5. The maximum atomic E-state index is 13.3. The van der Waals surface area contributed by atoms with E-state index < -0.39 is 11.2 Å². The van der Waals surface area contributed by atoms with Gasteiger partial charge in [0.15, 0.2) is 0 Å². The summed E-state index contributed by atoms with van der Waals surface area (Å²) in [6.07, 6.45) is 2.91. The van der Waals surface area contributed by atoms with Gasteiger partial charge in [0.1, 0.15) is 5.60 Å². The minimum Gasteiger partial charge on any atom is -0.444 e. The zero-order valence-corrected chi connectivity index (χ0v) is 17.9. The molecule has 1 aromatic carbocycles. The summed E-state index contributed by atoms with van der Waals surface area (Å²) in [5.41, 5.74) is -0.413. The van der Waals surface area contributed by atoms with Gasteiger partial charge in [-0.05, 0) is 58.6 Å². The molecule has 2 saturated heterocycles. The molecule has 7 nitrogen and oxygen atoms in total. The Kier molecular flexibility index (Phi) is 5.01. The molecule has 3 aliphatic rings. The Morgan fingerprint density at radius 3 is 2.20 bits per heavy atom. The summed E-state index contributed by atoms with van der Waals surface area (Å²) in [4.78, 5) is 29.3. The van der Waals surface area contributed by atoms with Gasteiger partial charge in [-0.25, -0.2) is 4.79 Å². The third-order valence-corrected chi connectivity index (χ3v) is 6.09. The van der Waals surface area contributed by atoms with E-state index in [-0.39, 0.29) is 17.6 Å². The summed E-state index contributed by atoms with van der Waals surface area (Å²) in [6, 6.07) is 9.07. The zero-order valence-electron chi connectivity index (χ0n) is 17.9. The van der Waals surface area contributed by atoms with Crippen LogP contribution in [0.4, 0.5) is 4.79 Å². The fourth-order valence-corrected chi connectivity index (χ4v) is 4.44. The second-order valence-electron chi connectivity index (χ2n) is 9.75. The average molecular weight is 412 g/mol. The molecule has 0 unspecified atom stereocenters. The van der Waals surface area contributed by atoms with Crippen LogP contribution in [0, 0.1) is 11.3 Å². The molecule has 160 valence electrons. The molecule has 0 bridgehead atoms. The SMILES string of the molecule is CC(C)(C)OC(=O)N1CCC2(CC1)CN(C(=O)c1ccccc1C#N)CC1(CC1)O2. The monoisotopic (exact) mass is 411 g/mol. The number of carbonyl (C=O) groups is 2. The number of rotatable bonds is 1. The number of nitriles is 1. The third-order valence-electron chi connectivity index (χ3n) is 6.09. The van der Waals surface area contributed by atoms with Gasteiger partial charge >= 0.3 is 6.09 Å². The highest BCUT2D eigenvalue weighted by Gasteiger charge is 2.57. The molecule has 3 fully saturated rings. The summed E-state index contributed by atoms with van der Waals surface area (Å²) < 4.78 is 12.1. The van der Waals surface area contributed by atoms with Crippen LogP contribution in [0.25, 0.3) is 0 Å². The zero-order chi connectivity index (χ0) is 21.6. The van der Waals surface area contributed by atoms with E-state index in [1.165, 1.54) is 0 Å². The van der Waals surface area contributed by atoms with Crippen molar-refractivity contribution in [3.63, 3.8) is 0 Å². The van der Waals surface area contributed by atoms with Gasteiger partial charge in [-0.15, -0.1) is 0 Å². The molecule has 2 heterocycles. The second kappa shape index (κ2) is 7.28. The first kappa shape index (κ1) is 20.7. The van der Waals surface area contributed by atoms with Gasteiger partial charge < -0.3 is 19.3 Å². The summed E-state index contributed by atoms with van der Waals surface area (Å²) >= 11 is 0. The Labute approximate surface area is 177 Å². The topological polar surface area (TPSA) is 82.9 Å². The maximum absolute atomic E-state index is 13.3. The summed E-state index contributed by atoms with van der Waals surface area (Å²) in [5, 5.41) is 9.39. The largest absolute Gasteiger partial charge is 0.444 e. The van der Waals surface area contributed by atoms with Crippen molar-refractivity contribution in [1.82, 2.24) is 9.80 Å². The number of benzene rings is 1. The van der Waals surface area contributed by atoms with E-state index in [0.29, 0.717) is 50.1 Å². The van der Waals surface area contributed by atoms with Gasteiger partial charge in [-0.1, -0.05) is 12.1 Å². The average Bonchev–Trinajstić information content (AvgIpc) is 3.43. The molecule has 1 aliphatic carbocycles. The van der Waals surface area contributed by atoms with Crippen LogP contribution in [-0.4, -0.2) is 64.8 Å². The normalized spacial score (nSPS) is 21.9. The highest BCUT2D eigenvalue weighted by molar-refractivity contribution is 5.96. The van der Waals surface area contributed by atoms with Crippen LogP contribution < -0.4 is 0 Å². The fraction of sp³-hybridized carbons (Fsp3) is 0.609. The number of amides is 2. The lowest BCUT2D eigenvalue weighted by atomic mass is 9.88. The van der Waals surface area contributed by atoms with Gasteiger partial charge in [0, 0.05) is 13.1 Å². The first-order valence-corrected chi connectivity index (χ1v) is 10.6. The third kappa shape index (κ3) is 4.15. The van der Waals surface area contributed by atoms with Crippen LogP contribution in [0.3, 0.4) is 0 Å². The van der Waals surface area contributed by atoms with Crippen molar-refractivity contribution in [2.24, 2.45) is 0 Å². The van der Waals surface area contributed by atoms with Crippen LogP contribution in [0.1, 0.15) is 62.4 Å².